The molecule has 0 saturated heterocycles. The Morgan fingerprint density at radius 2 is 2.00 bits per heavy atom. The van der Waals surface area contributed by atoms with E-state index in [0.717, 1.165) is 11.3 Å². The molecular weight excluding hydrogens is 434 g/mol. The minimum atomic E-state index is -0.303. The molecule has 0 saturated carbocycles. The van der Waals surface area contributed by atoms with Crippen molar-refractivity contribution in [1.29, 1.82) is 0 Å². The Hall–Kier alpha value is -3.32. The van der Waals surface area contributed by atoms with E-state index in [1.807, 2.05) is 53.4 Å². The van der Waals surface area contributed by atoms with Crippen LogP contribution in [0.25, 0.3) is 5.69 Å². The fourth-order valence-corrected chi connectivity index (χ4v) is 3.28. The van der Waals surface area contributed by atoms with Crippen molar-refractivity contribution in [3.8, 4) is 17.2 Å². The van der Waals surface area contributed by atoms with E-state index in [2.05, 4.69) is 33.0 Å². The molecule has 0 radical (unpaired) electrons. The summed E-state index contributed by atoms with van der Waals surface area (Å²) in [6, 6.07) is 14.7. The minimum absolute atomic E-state index is 0.303. The number of carbonyl (C=O) groups excluding carboxylic acids is 1. The topological polar surface area (TPSA) is 64.8 Å². The molecule has 3 rings (SSSR count). The van der Waals surface area contributed by atoms with Crippen molar-refractivity contribution in [3.63, 3.8) is 0 Å². The van der Waals surface area contributed by atoms with Crippen LogP contribution in [0, 0.1) is 0 Å². The number of hydrogen-bond acceptors (Lipinski definition) is 4. The van der Waals surface area contributed by atoms with Crippen LogP contribution >= 0.6 is 15.9 Å². The molecule has 0 aliphatic rings. The lowest BCUT2D eigenvalue weighted by Gasteiger charge is -2.12. The van der Waals surface area contributed by atoms with E-state index in [1.165, 1.54) is 0 Å². The van der Waals surface area contributed by atoms with Crippen molar-refractivity contribution in [2.75, 3.05) is 13.7 Å². The summed E-state index contributed by atoms with van der Waals surface area (Å²) in [6.07, 6.45) is 6.97. The molecule has 3 aromatic rings. The number of hydrazone groups is 1. The summed E-state index contributed by atoms with van der Waals surface area (Å²) in [7, 11) is 1.56. The summed E-state index contributed by atoms with van der Waals surface area (Å²) in [6.45, 7) is 4.00. The highest BCUT2D eigenvalue weighted by molar-refractivity contribution is 9.10. The van der Waals surface area contributed by atoms with Crippen LogP contribution in [0.2, 0.25) is 0 Å². The molecule has 0 aliphatic heterocycles. The summed E-state index contributed by atoms with van der Waals surface area (Å²) < 4.78 is 13.6. The summed E-state index contributed by atoms with van der Waals surface area (Å²) >= 11 is 3.47. The van der Waals surface area contributed by atoms with Crippen LogP contribution in [0.5, 0.6) is 11.5 Å². The molecular formula is C22H20BrN3O3. The average Bonchev–Trinajstić information content (AvgIpc) is 3.27. The van der Waals surface area contributed by atoms with E-state index < -0.39 is 0 Å². The first kappa shape index (κ1) is 20.4. The summed E-state index contributed by atoms with van der Waals surface area (Å²) in [5.74, 6) is 0.823. The van der Waals surface area contributed by atoms with Gasteiger partial charge in [0.15, 0.2) is 11.5 Å². The van der Waals surface area contributed by atoms with Gasteiger partial charge in [-0.3, -0.25) is 4.79 Å². The zero-order chi connectivity index (χ0) is 20.6. The number of halogens is 1. The number of para-hydroxylation sites is 1. The highest BCUT2D eigenvalue weighted by Gasteiger charge is 2.12. The predicted octanol–water partition coefficient (Wildman–Crippen LogP) is 4.58. The van der Waals surface area contributed by atoms with Gasteiger partial charge in [-0.2, -0.15) is 5.10 Å². The standard InChI is InChI=1S/C22H20BrN3O3/c1-3-12-29-21-18(23)13-16(14-20(21)28-2)15-24-25-22(27)17-8-4-5-9-19(17)26-10-6-7-11-26/h3-11,13-15H,1,12H2,2H3,(H,25,27)/b24-15-. The molecule has 6 nitrogen and oxygen atoms in total. The Morgan fingerprint density at radius 3 is 2.72 bits per heavy atom. The lowest BCUT2D eigenvalue weighted by Crippen LogP contribution is -2.19. The molecule has 148 valence electrons. The number of ether oxygens (including phenoxy) is 2. The van der Waals surface area contributed by atoms with Crippen molar-refractivity contribution in [3.05, 3.63) is 89.2 Å². The molecule has 0 fully saturated rings. The molecule has 0 bridgehead atoms. The van der Waals surface area contributed by atoms with Crippen LogP contribution in [-0.2, 0) is 0 Å². The second kappa shape index (κ2) is 9.75. The number of methoxy groups -OCH3 is 1. The van der Waals surface area contributed by atoms with Crippen molar-refractivity contribution in [1.82, 2.24) is 9.99 Å². The molecule has 0 atom stereocenters. The first-order chi connectivity index (χ1) is 14.1. The Labute approximate surface area is 177 Å². The van der Waals surface area contributed by atoms with E-state index in [9.17, 15) is 4.79 Å². The van der Waals surface area contributed by atoms with Crippen molar-refractivity contribution in [2.24, 2.45) is 5.10 Å². The third-order valence-electron chi connectivity index (χ3n) is 4.01. The summed E-state index contributed by atoms with van der Waals surface area (Å²) in [5, 5.41) is 4.08. The zero-order valence-electron chi connectivity index (χ0n) is 15.8. The molecule has 1 aromatic heterocycles. The zero-order valence-corrected chi connectivity index (χ0v) is 17.4. The lowest BCUT2D eigenvalue weighted by atomic mass is 10.1. The first-order valence-electron chi connectivity index (χ1n) is 8.81. The predicted molar refractivity (Wildman–Crippen MR) is 117 cm³/mol. The number of rotatable bonds is 8. The van der Waals surface area contributed by atoms with Gasteiger partial charge in [-0.15, -0.1) is 0 Å². The molecule has 0 spiro atoms. The quantitative estimate of drug-likeness (QED) is 0.308. The lowest BCUT2D eigenvalue weighted by molar-refractivity contribution is 0.0955. The van der Waals surface area contributed by atoms with E-state index in [-0.39, 0.29) is 5.91 Å². The fraction of sp³-hybridized carbons (Fsp3) is 0.0909. The Kier molecular flexibility index (Phi) is 6.86. The summed E-state index contributed by atoms with van der Waals surface area (Å²) in [4.78, 5) is 12.6. The van der Waals surface area contributed by atoms with Gasteiger partial charge in [0.25, 0.3) is 5.91 Å². The maximum atomic E-state index is 12.6. The smallest absolute Gasteiger partial charge is 0.273 e. The van der Waals surface area contributed by atoms with Crippen LogP contribution in [0.15, 0.2) is 83.2 Å². The van der Waals surface area contributed by atoms with Gasteiger partial charge in [0.05, 0.1) is 29.0 Å². The number of nitrogens with zero attached hydrogens (tertiary/aromatic N) is 2. The number of nitrogens with one attached hydrogen (secondary N) is 1. The Balaban J connectivity index is 1.76. The second-order valence-electron chi connectivity index (χ2n) is 5.94. The van der Waals surface area contributed by atoms with Crippen LogP contribution in [-0.4, -0.2) is 30.4 Å². The number of hydrogen-bond donors (Lipinski definition) is 1. The summed E-state index contributed by atoms with van der Waals surface area (Å²) in [5.41, 5.74) is 4.60. The number of carbonyl (C=O) groups is 1. The van der Waals surface area contributed by atoms with Gasteiger partial charge < -0.3 is 14.0 Å². The highest BCUT2D eigenvalue weighted by Crippen LogP contribution is 2.36. The van der Waals surface area contributed by atoms with Crippen molar-refractivity contribution in [2.45, 2.75) is 0 Å². The van der Waals surface area contributed by atoms with Crippen LogP contribution in [0.1, 0.15) is 15.9 Å². The average molecular weight is 454 g/mol. The maximum Gasteiger partial charge on any atom is 0.273 e. The monoisotopic (exact) mass is 453 g/mol. The van der Waals surface area contributed by atoms with Crippen LogP contribution in [0.3, 0.4) is 0 Å². The van der Waals surface area contributed by atoms with Crippen LogP contribution < -0.4 is 14.9 Å². The number of amides is 1. The first-order valence-corrected chi connectivity index (χ1v) is 9.60. The van der Waals surface area contributed by atoms with E-state index in [1.54, 1.807) is 31.5 Å². The third-order valence-corrected chi connectivity index (χ3v) is 4.60. The molecule has 0 unspecified atom stereocenters. The molecule has 1 amide bonds. The third kappa shape index (κ3) is 4.94. The van der Waals surface area contributed by atoms with E-state index >= 15 is 0 Å². The van der Waals surface area contributed by atoms with Gasteiger partial charge in [0, 0.05) is 12.4 Å². The van der Waals surface area contributed by atoms with Gasteiger partial charge in [0.1, 0.15) is 6.61 Å². The van der Waals surface area contributed by atoms with Crippen LogP contribution in [0.4, 0.5) is 0 Å². The van der Waals surface area contributed by atoms with Crippen molar-refractivity contribution >= 4 is 28.1 Å². The van der Waals surface area contributed by atoms with Gasteiger partial charge in [0.2, 0.25) is 0 Å². The molecule has 0 aliphatic carbocycles. The number of benzene rings is 2. The largest absolute Gasteiger partial charge is 0.493 e. The molecule has 1 heterocycles. The van der Waals surface area contributed by atoms with Gasteiger partial charge in [-0.05, 0) is 57.9 Å². The highest BCUT2D eigenvalue weighted by atomic mass is 79.9. The van der Waals surface area contributed by atoms with Gasteiger partial charge in [-0.25, -0.2) is 5.43 Å². The van der Waals surface area contributed by atoms with E-state index in [4.69, 9.17) is 9.47 Å². The SMILES string of the molecule is C=CCOc1c(Br)cc(/C=N\NC(=O)c2ccccc2-n2cccc2)cc1OC. The molecule has 1 N–H and O–H groups in total. The maximum absolute atomic E-state index is 12.6. The fourth-order valence-electron chi connectivity index (χ4n) is 2.71. The number of aromatic nitrogens is 1. The van der Waals surface area contributed by atoms with Crippen molar-refractivity contribution < 1.29 is 14.3 Å². The second-order valence-corrected chi connectivity index (χ2v) is 6.79. The van der Waals surface area contributed by atoms with Gasteiger partial charge in [-0.1, -0.05) is 24.8 Å². The molecule has 29 heavy (non-hydrogen) atoms. The Bertz CT molecular complexity index is 1030. The minimum Gasteiger partial charge on any atom is -0.493 e. The molecule has 7 heteroatoms. The van der Waals surface area contributed by atoms with E-state index in [0.29, 0.717) is 28.1 Å². The molecule has 2 aromatic carbocycles. The normalized spacial score (nSPS) is 10.7. The Morgan fingerprint density at radius 1 is 1.24 bits per heavy atom. The van der Waals surface area contributed by atoms with Gasteiger partial charge >= 0.3 is 0 Å².